The largest absolute Gasteiger partial charge is 0.508 e. The number of rotatable bonds is 3. The fourth-order valence-electron chi connectivity index (χ4n) is 3.63. The van der Waals surface area contributed by atoms with Gasteiger partial charge in [-0.25, -0.2) is 4.79 Å². The molecule has 28 heavy (non-hydrogen) atoms. The third-order valence-corrected chi connectivity index (χ3v) is 5.09. The minimum absolute atomic E-state index is 0.275. The second kappa shape index (κ2) is 9.60. The Balaban J connectivity index is 0.000000391. The molecule has 0 saturated carbocycles. The monoisotopic (exact) mass is 383 g/mol. The molecule has 150 valence electrons. The molecule has 2 aromatic carbocycles. The van der Waals surface area contributed by atoms with Crippen molar-refractivity contribution >= 4 is 11.7 Å². The van der Waals surface area contributed by atoms with Gasteiger partial charge in [0.25, 0.3) is 0 Å². The average molecular weight is 383 g/mol. The van der Waals surface area contributed by atoms with Gasteiger partial charge in [0.1, 0.15) is 5.75 Å². The van der Waals surface area contributed by atoms with Crippen LogP contribution in [0.15, 0.2) is 36.4 Å². The van der Waals surface area contributed by atoms with Crippen molar-refractivity contribution in [3.8, 4) is 16.9 Å². The standard InChI is InChI=1S/C19H21NO3.C4H8O/c1-3-20-10-9-13-11-15(21)6-7-16(13)17-12-14(5-8-18(17)20)19(22)23-4-2;1-2-4-5-3-1/h5-8,11-12,21H,3-4,9-10H2,1-2H3;1-4H2. The third-order valence-electron chi connectivity index (χ3n) is 5.09. The molecule has 1 saturated heterocycles. The molecule has 2 aliphatic heterocycles. The smallest absolute Gasteiger partial charge is 0.338 e. The fourth-order valence-corrected chi connectivity index (χ4v) is 3.63. The first kappa shape index (κ1) is 20.2. The van der Waals surface area contributed by atoms with Crippen molar-refractivity contribution in [2.24, 2.45) is 0 Å². The van der Waals surface area contributed by atoms with E-state index in [1.807, 2.05) is 30.3 Å². The van der Waals surface area contributed by atoms with Gasteiger partial charge in [-0.3, -0.25) is 0 Å². The second-order valence-electron chi connectivity index (χ2n) is 6.94. The van der Waals surface area contributed by atoms with Crippen LogP contribution in [0.1, 0.15) is 42.6 Å². The van der Waals surface area contributed by atoms with E-state index in [1.54, 1.807) is 13.0 Å². The summed E-state index contributed by atoms with van der Waals surface area (Å²) in [5.74, 6) is -0.0280. The lowest BCUT2D eigenvalue weighted by Gasteiger charge is -2.23. The van der Waals surface area contributed by atoms with Crippen molar-refractivity contribution in [3.05, 3.63) is 47.5 Å². The van der Waals surface area contributed by atoms with Gasteiger partial charge in [-0.15, -0.1) is 0 Å². The first-order valence-electron chi connectivity index (χ1n) is 10.1. The van der Waals surface area contributed by atoms with E-state index in [0.29, 0.717) is 12.2 Å². The summed E-state index contributed by atoms with van der Waals surface area (Å²) in [5, 5.41) is 9.78. The predicted molar refractivity (Wildman–Crippen MR) is 111 cm³/mol. The number of carbonyl (C=O) groups is 1. The molecule has 0 amide bonds. The molecule has 0 aliphatic carbocycles. The number of phenols is 1. The van der Waals surface area contributed by atoms with Gasteiger partial charge in [-0.1, -0.05) is 6.07 Å². The molecular weight excluding hydrogens is 354 g/mol. The number of hydrogen-bond acceptors (Lipinski definition) is 5. The fraction of sp³-hybridized carbons (Fsp3) is 0.435. The molecule has 0 aromatic heterocycles. The first-order chi connectivity index (χ1) is 13.6. The van der Waals surface area contributed by atoms with Crippen LogP contribution in [0.4, 0.5) is 5.69 Å². The van der Waals surface area contributed by atoms with Crippen LogP contribution in [-0.2, 0) is 15.9 Å². The van der Waals surface area contributed by atoms with Gasteiger partial charge in [0.15, 0.2) is 0 Å². The van der Waals surface area contributed by atoms with E-state index in [2.05, 4.69) is 11.8 Å². The number of esters is 1. The van der Waals surface area contributed by atoms with E-state index < -0.39 is 0 Å². The molecule has 1 N–H and O–H groups in total. The van der Waals surface area contributed by atoms with Gasteiger partial charge in [0, 0.05) is 37.6 Å². The van der Waals surface area contributed by atoms with Crippen LogP contribution < -0.4 is 4.90 Å². The highest BCUT2D eigenvalue weighted by Crippen LogP contribution is 2.38. The minimum atomic E-state index is -0.303. The van der Waals surface area contributed by atoms with Crippen LogP contribution in [0.2, 0.25) is 0 Å². The van der Waals surface area contributed by atoms with Crippen LogP contribution in [0.3, 0.4) is 0 Å². The highest BCUT2D eigenvalue weighted by Gasteiger charge is 2.21. The van der Waals surface area contributed by atoms with Crippen molar-refractivity contribution in [2.45, 2.75) is 33.1 Å². The number of carbonyl (C=O) groups excluding carboxylic acids is 1. The summed E-state index contributed by atoms with van der Waals surface area (Å²) in [6, 6.07) is 11.2. The quantitative estimate of drug-likeness (QED) is 0.796. The molecular formula is C23H29NO4. The molecule has 1 fully saturated rings. The lowest BCUT2D eigenvalue weighted by Crippen LogP contribution is -2.24. The normalized spacial score (nSPS) is 15.0. The van der Waals surface area contributed by atoms with E-state index in [9.17, 15) is 9.90 Å². The van der Waals surface area contributed by atoms with Crippen LogP contribution in [0, 0.1) is 0 Å². The summed E-state index contributed by atoms with van der Waals surface area (Å²) in [5.41, 5.74) is 4.86. The lowest BCUT2D eigenvalue weighted by molar-refractivity contribution is 0.0526. The third kappa shape index (κ3) is 4.65. The van der Waals surface area contributed by atoms with E-state index >= 15 is 0 Å². The molecule has 0 bridgehead atoms. The molecule has 0 atom stereocenters. The maximum absolute atomic E-state index is 12.1. The number of anilines is 1. The number of likely N-dealkylation sites (N-methyl/N-ethyl adjacent to an activating group) is 1. The van der Waals surface area contributed by atoms with E-state index in [-0.39, 0.29) is 11.7 Å². The van der Waals surface area contributed by atoms with Crippen molar-refractivity contribution in [2.75, 3.05) is 37.8 Å². The molecule has 2 aliphatic rings. The highest BCUT2D eigenvalue weighted by molar-refractivity contribution is 5.94. The summed E-state index contributed by atoms with van der Waals surface area (Å²) in [4.78, 5) is 14.4. The summed E-state index contributed by atoms with van der Waals surface area (Å²) in [6.45, 7) is 8.07. The van der Waals surface area contributed by atoms with Gasteiger partial charge in [-0.05, 0) is 74.6 Å². The molecule has 2 heterocycles. The summed E-state index contributed by atoms with van der Waals surface area (Å²) < 4.78 is 10.1. The topological polar surface area (TPSA) is 59.0 Å². The van der Waals surface area contributed by atoms with E-state index in [4.69, 9.17) is 9.47 Å². The van der Waals surface area contributed by atoms with Crippen LogP contribution >= 0.6 is 0 Å². The molecule has 4 rings (SSSR count). The van der Waals surface area contributed by atoms with Crippen molar-refractivity contribution in [1.29, 1.82) is 0 Å². The Kier molecular flexibility index (Phi) is 6.93. The van der Waals surface area contributed by atoms with Crippen LogP contribution in [0.5, 0.6) is 5.75 Å². The summed E-state index contributed by atoms with van der Waals surface area (Å²) in [6.07, 6.45) is 3.42. The number of fused-ring (bicyclic) bond motifs is 3. The Labute approximate surface area is 166 Å². The number of ether oxygens (including phenoxy) is 2. The molecule has 0 unspecified atom stereocenters. The maximum Gasteiger partial charge on any atom is 0.338 e. The van der Waals surface area contributed by atoms with Gasteiger partial charge in [-0.2, -0.15) is 0 Å². The SMILES string of the molecule is C1CCOC1.CCOC(=O)c1ccc2c(c1)-c1ccc(O)cc1CCN2CC. The number of aromatic hydroxyl groups is 1. The second-order valence-corrected chi connectivity index (χ2v) is 6.94. The van der Waals surface area contributed by atoms with E-state index in [1.165, 1.54) is 12.8 Å². The number of hydrogen-bond donors (Lipinski definition) is 1. The summed E-state index contributed by atoms with van der Waals surface area (Å²) in [7, 11) is 0. The zero-order valence-electron chi connectivity index (χ0n) is 16.7. The molecule has 0 spiro atoms. The van der Waals surface area contributed by atoms with Crippen LogP contribution in [0.25, 0.3) is 11.1 Å². The summed E-state index contributed by atoms with van der Waals surface area (Å²) >= 11 is 0. The predicted octanol–water partition coefficient (Wildman–Crippen LogP) is 4.42. The molecule has 2 aromatic rings. The Bertz CT molecular complexity index is 807. The zero-order valence-corrected chi connectivity index (χ0v) is 16.7. The molecule has 5 nitrogen and oxygen atoms in total. The van der Waals surface area contributed by atoms with Crippen molar-refractivity contribution in [3.63, 3.8) is 0 Å². The van der Waals surface area contributed by atoms with Gasteiger partial charge >= 0.3 is 5.97 Å². The minimum Gasteiger partial charge on any atom is -0.508 e. The van der Waals surface area contributed by atoms with Gasteiger partial charge < -0.3 is 19.5 Å². The Hall–Kier alpha value is -2.53. The van der Waals surface area contributed by atoms with Gasteiger partial charge in [0.2, 0.25) is 0 Å². The van der Waals surface area contributed by atoms with Gasteiger partial charge in [0.05, 0.1) is 12.2 Å². The van der Waals surface area contributed by atoms with Crippen LogP contribution in [-0.4, -0.2) is 44.0 Å². The van der Waals surface area contributed by atoms with Crippen molar-refractivity contribution < 1.29 is 19.4 Å². The lowest BCUT2D eigenvalue weighted by atomic mass is 9.96. The molecule has 5 heteroatoms. The Morgan fingerprint density at radius 1 is 1.11 bits per heavy atom. The van der Waals surface area contributed by atoms with Crippen molar-refractivity contribution in [1.82, 2.24) is 0 Å². The maximum atomic E-state index is 12.1. The zero-order chi connectivity index (χ0) is 19.9. The highest BCUT2D eigenvalue weighted by atomic mass is 16.5. The number of benzene rings is 2. The first-order valence-corrected chi connectivity index (χ1v) is 10.1. The number of phenolic OH excluding ortho intramolecular Hbond substituents is 1. The Morgan fingerprint density at radius 2 is 1.89 bits per heavy atom. The Morgan fingerprint density at radius 3 is 2.54 bits per heavy atom. The van der Waals surface area contributed by atoms with E-state index in [0.717, 1.165) is 55.1 Å². The number of nitrogens with zero attached hydrogens (tertiary/aromatic N) is 1. The average Bonchev–Trinajstić information content (AvgIpc) is 3.25. The molecule has 0 radical (unpaired) electrons.